The molecular weight excluding hydrogens is 260 g/mol. The fourth-order valence-corrected chi connectivity index (χ4v) is 2.22. The van der Waals surface area contributed by atoms with Crippen molar-refractivity contribution in [3.63, 3.8) is 0 Å². The van der Waals surface area contributed by atoms with E-state index >= 15 is 0 Å². The standard InChI is InChI=1S/C18H16N2O/c1-2-13-7-9-16(10-8-13)20-18(21)15-11-14-5-3-4-6-17(14)19-12-15/h3-12H,2H2,1H3,(H,20,21). The first kappa shape index (κ1) is 13.3. The van der Waals surface area contributed by atoms with Crippen molar-refractivity contribution in [2.45, 2.75) is 13.3 Å². The highest BCUT2D eigenvalue weighted by molar-refractivity contribution is 6.05. The smallest absolute Gasteiger partial charge is 0.257 e. The number of carbonyl (C=O) groups excluding carboxylic acids is 1. The molecule has 1 heterocycles. The number of anilines is 1. The molecule has 21 heavy (non-hydrogen) atoms. The van der Waals surface area contributed by atoms with Crippen molar-refractivity contribution in [3.8, 4) is 0 Å². The summed E-state index contributed by atoms with van der Waals surface area (Å²) < 4.78 is 0. The topological polar surface area (TPSA) is 42.0 Å². The number of aromatic nitrogens is 1. The van der Waals surface area contributed by atoms with Crippen LogP contribution in [0.15, 0.2) is 60.8 Å². The number of benzene rings is 2. The second-order valence-corrected chi connectivity index (χ2v) is 4.92. The van der Waals surface area contributed by atoms with Gasteiger partial charge in [-0.15, -0.1) is 0 Å². The molecule has 0 saturated heterocycles. The highest BCUT2D eigenvalue weighted by Crippen LogP contribution is 2.15. The molecule has 0 aliphatic heterocycles. The van der Waals surface area contributed by atoms with E-state index < -0.39 is 0 Å². The van der Waals surface area contributed by atoms with Gasteiger partial charge in [-0.05, 0) is 36.2 Å². The molecule has 1 aromatic heterocycles. The first-order chi connectivity index (χ1) is 10.3. The van der Waals surface area contributed by atoms with Crippen LogP contribution >= 0.6 is 0 Å². The highest BCUT2D eigenvalue weighted by atomic mass is 16.1. The van der Waals surface area contributed by atoms with Crippen LogP contribution in [0.4, 0.5) is 5.69 Å². The molecule has 3 rings (SSSR count). The quantitative estimate of drug-likeness (QED) is 0.784. The van der Waals surface area contributed by atoms with Gasteiger partial charge in [-0.2, -0.15) is 0 Å². The van der Waals surface area contributed by atoms with Gasteiger partial charge in [-0.1, -0.05) is 37.3 Å². The molecule has 104 valence electrons. The van der Waals surface area contributed by atoms with Gasteiger partial charge in [0, 0.05) is 17.3 Å². The van der Waals surface area contributed by atoms with Crippen molar-refractivity contribution in [1.82, 2.24) is 4.98 Å². The number of hydrogen-bond donors (Lipinski definition) is 1. The van der Waals surface area contributed by atoms with Gasteiger partial charge in [-0.3, -0.25) is 9.78 Å². The number of fused-ring (bicyclic) bond motifs is 1. The first-order valence-electron chi connectivity index (χ1n) is 7.01. The molecule has 0 aliphatic carbocycles. The summed E-state index contributed by atoms with van der Waals surface area (Å²) in [5.74, 6) is -0.141. The third-order valence-electron chi connectivity index (χ3n) is 3.47. The summed E-state index contributed by atoms with van der Waals surface area (Å²) in [5, 5.41) is 3.86. The monoisotopic (exact) mass is 276 g/mol. The van der Waals surface area contributed by atoms with E-state index in [-0.39, 0.29) is 5.91 Å². The third-order valence-corrected chi connectivity index (χ3v) is 3.47. The summed E-state index contributed by atoms with van der Waals surface area (Å²) >= 11 is 0. The Labute approximate surface area is 123 Å². The summed E-state index contributed by atoms with van der Waals surface area (Å²) in [4.78, 5) is 16.6. The summed E-state index contributed by atoms with van der Waals surface area (Å²) in [5.41, 5.74) is 3.50. The minimum Gasteiger partial charge on any atom is -0.322 e. The number of rotatable bonds is 3. The Kier molecular flexibility index (Phi) is 3.65. The molecule has 0 spiro atoms. The minimum absolute atomic E-state index is 0.141. The number of carbonyl (C=O) groups is 1. The van der Waals surface area contributed by atoms with Crippen LogP contribution in [-0.4, -0.2) is 10.9 Å². The van der Waals surface area contributed by atoms with Crippen LogP contribution in [0.2, 0.25) is 0 Å². The van der Waals surface area contributed by atoms with Crippen molar-refractivity contribution < 1.29 is 4.79 Å². The lowest BCUT2D eigenvalue weighted by atomic mass is 10.1. The van der Waals surface area contributed by atoms with Gasteiger partial charge >= 0.3 is 0 Å². The van der Waals surface area contributed by atoms with Gasteiger partial charge in [0.2, 0.25) is 0 Å². The molecular formula is C18H16N2O. The Morgan fingerprint density at radius 2 is 1.86 bits per heavy atom. The van der Waals surface area contributed by atoms with E-state index in [0.717, 1.165) is 23.0 Å². The molecule has 0 bridgehead atoms. The SMILES string of the molecule is CCc1ccc(NC(=O)c2cnc3ccccc3c2)cc1. The minimum atomic E-state index is -0.141. The summed E-state index contributed by atoms with van der Waals surface area (Å²) in [6.07, 6.45) is 2.60. The zero-order valence-corrected chi connectivity index (χ0v) is 11.8. The predicted molar refractivity (Wildman–Crippen MR) is 85.5 cm³/mol. The fourth-order valence-electron chi connectivity index (χ4n) is 2.22. The molecule has 0 saturated carbocycles. The number of amides is 1. The number of nitrogens with one attached hydrogen (secondary N) is 1. The van der Waals surface area contributed by atoms with Crippen LogP contribution < -0.4 is 5.32 Å². The van der Waals surface area contributed by atoms with Crippen LogP contribution in [0.3, 0.4) is 0 Å². The van der Waals surface area contributed by atoms with Gasteiger partial charge in [0.05, 0.1) is 11.1 Å². The van der Waals surface area contributed by atoms with Crippen molar-refractivity contribution in [2.75, 3.05) is 5.32 Å². The molecule has 0 atom stereocenters. The average Bonchev–Trinajstić information content (AvgIpc) is 2.55. The third kappa shape index (κ3) is 2.92. The molecule has 3 heteroatoms. The molecule has 1 N–H and O–H groups in total. The van der Waals surface area contributed by atoms with E-state index in [1.165, 1.54) is 5.56 Å². The number of aryl methyl sites for hydroxylation is 1. The second-order valence-electron chi connectivity index (χ2n) is 4.92. The van der Waals surface area contributed by atoms with Crippen molar-refractivity contribution in [1.29, 1.82) is 0 Å². The lowest BCUT2D eigenvalue weighted by Gasteiger charge is -2.06. The van der Waals surface area contributed by atoms with Crippen LogP contribution in [0.5, 0.6) is 0 Å². The van der Waals surface area contributed by atoms with Gasteiger partial charge < -0.3 is 5.32 Å². The van der Waals surface area contributed by atoms with E-state index in [0.29, 0.717) is 5.56 Å². The lowest BCUT2D eigenvalue weighted by molar-refractivity contribution is 0.102. The lowest BCUT2D eigenvalue weighted by Crippen LogP contribution is -2.12. The Balaban J connectivity index is 1.82. The summed E-state index contributed by atoms with van der Waals surface area (Å²) in [6.45, 7) is 2.11. The molecule has 0 aliphatic rings. The second kappa shape index (κ2) is 5.75. The van der Waals surface area contributed by atoms with Crippen LogP contribution in [0, 0.1) is 0 Å². The Morgan fingerprint density at radius 1 is 1.10 bits per heavy atom. The van der Waals surface area contributed by atoms with E-state index in [2.05, 4.69) is 17.2 Å². The number of hydrogen-bond acceptors (Lipinski definition) is 2. The molecule has 2 aromatic carbocycles. The first-order valence-corrected chi connectivity index (χ1v) is 7.01. The van der Waals surface area contributed by atoms with Gasteiger partial charge in [0.25, 0.3) is 5.91 Å². The molecule has 3 nitrogen and oxygen atoms in total. The number of pyridine rings is 1. The van der Waals surface area contributed by atoms with Crippen molar-refractivity contribution in [2.24, 2.45) is 0 Å². The van der Waals surface area contributed by atoms with Crippen LogP contribution in [0.25, 0.3) is 10.9 Å². The number of para-hydroxylation sites is 1. The molecule has 1 amide bonds. The Bertz CT molecular complexity index is 779. The zero-order chi connectivity index (χ0) is 14.7. The molecule has 0 fully saturated rings. The van der Waals surface area contributed by atoms with Gasteiger partial charge in [0.1, 0.15) is 0 Å². The van der Waals surface area contributed by atoms with Crippen molar-refractivity contribution >= 4 is 22.5 Å². The molecule has 0 unspecified atom stereocenters. The van der Waals surface area contributed by atoms with E-state index in [4.69, 9.17) is 0 Å². The van der Waals surface area contributed by atoms with E-state index in [1.807, 2.05) is 54.6 Å². The average molecular weight is 276 g/mol. The van der Waals surface area contributed by atoms with Crippen LogP contribution in [-0.2, 0) is 6.42 Å². The normalized spacial score (nSPS) is 10.5. The van der Waals surface area contributed by atoms with Gasteiger partial charge in [-0.25, -0.2) is 0 Å². The zero-order valence-electron chi connectivity index (χ0n) is 11.8. The largest absolute Gasteiger partial charge is 0.322 e. The summed E-state index contributed by atoms with van der Waals surface area (Å²) in [7, 11) is 0. The summed E-state index contributed by atoms with van der Waals surface area (Å²) in [6, 6.07) is 17.5. The highest BCUT2D eigenvalue weighted by Gasteiger charge is 2.07. The van der Waals surface area contributed by atoms with E-state index in [9.17, 15) is 4.79 Å². The molecule has 3 aromatic rings. The predicted octanol–water partition coefficient (Wildman–Crippen LogP) is 4.05. The van der Waals surface area contributed by atoms with Crippen molar-refractivity contribution in [3.05, 3.63) is 71.9 Å². The number of nitrogens with zero attached hydrogens (tertiary/aromatic N) is 1. The maximum atomic E-state index is 12.3. The van der Waals surface area contributed by atoms with E-state index in [1.54, 1.807) is 6.20 Å². The maximum Gasteiger partial charge on any atom is 0.257 e. The van der Waals surface area contributed by atoms with Gasteiger partial charge in [0.15, 0.2) is 0 Å². The van der Waals surface area contributed by atoms with Crippen LogP contribution in [0.1, 0.15) is 22.8 Å². The molecule has 0 radical (unpaired) electrons. The fraction of sp³-hybridized carbons (Fsp3) is 0.111. The Morgan fingerprint density at radius 3 is 2.62 bits per heavy atom. The Hall–Kier alpha value is -2.68. The maximum absolute atomic E-state index is 12.3.